The molecule has 0 bridgehead atoms. The Labute approximate surface area is 189 Å². The number of nitrogens with one attached hydrogen (secondary N) is 2. The molecule has 2 N–H and O–H groups in total. The third kappa shape index (κ3) is 7.97. The molecule has 0 atom stereocenters. The standard InChI is InChI=1S/C20H26ClN3O2S.HI/c1-15-13-17(8-11-19(15)27(3,25)26)14-24-20(22-2)23-12-4-5-16-6-9-18(21)10-7-16;/h6-11,13H,4-5,12,14H2,1-3H3,(H2,22,23,24);1H. The molecule has 0 heterocycles. The lowest BCUT2D eigenvalue weighted by Crippen LogP contribution is -2.37. The van der Waals surface area contributed by atoms with Gasteiger partial charge in [-0.2, -0.15) is 0 Å². The first kappa shape index (κ1) is 24.7. The van der Waals surface area contributed by atoms with Gasteiger partial charge in [0.25, 0.3) is 0 Å². The zero-order valence-corrected chi connectivity index (χ0v) is 20.2. The summed E-state index contributed by atoms with van der Waals surface area (Å²) in [6.07, 6.45) is 3.17. The Balaban J connectivity index is 0.00000392. The summed E-state index contributed by atoms with van der Waals surface area (Å²) in [5, 5.41) is 7.29. The van der Waals surface area contributed by atoms with Crippen LogP contribution < -0.4 is 10.6 Å². The van der Waals surface area contributed by atoms with Crippen LogP contribution in [-0.2, 0) is 22.8 Å². The molecular formula is C20H27ClIN3O2S. The molecule has 154 valence electrons. The number of aliphatic imine (C=N–C) groups is 1. The molecule has 0 saturated heterocycles. The maximum absolute atomic E-state index is 11.7. The SMILES string of the molecule is CN=C(NCCCc1ccc(Cl)cc1)NCc1ccc(S(C)(=O)=O)c(C)c1.I. The number of rotatable bonds is 7. The van der Waals surface area contributed by atoms with Crippen molar-refractivity contribution in [3.8, 4) is 0 Å². The molecule has 8 heteroatoms. The molecule has 0 unspecified atom stereocenters. The molecular weight excluding hydrogens is 509 g/mol. The second kappa shape index (κ2) is 11.6. The van der Waals surface area contributed by atoms with Crippen LogP contribution in [0.4, 0.5) is 0 Å². The summed E-state index contributed by atoms with van der Waals surface area (Å²) >= 11 is 5.89. The van der Waals surface area contributed by atoms with Crippen molar-refractivity contribution in [1.29, 1.82) is 0 Å². The lowest BCUT2D eigenvalue weighted by molar-refractivity contribution is 0.601. The summed E-state index contributed by atoms with van der Waals surface area (Å²) in [5.74, 6) is 0.718. The zero-order valence-electron chi connectivity index (χ0n) is 16.3. The molecule has 0 aromatic heterocycles. The van der Waals surface area contributed by atoms with Gasteiger partial charge in [0.1, 0.15) is 0 Å². The highest BCUT2D eigenvalue weighted by molar-refractivity contribution is 14.0. The van der Waals surface area contributed by atoms with Gasteiger partial charge >= 0.3 is 0 Å². The van der Waals surface area contributed by atoms with Crippen molar-refractivity contribution < 1.29 is 8.42 Å². The molecule has 0 fully saturated rings. The molecule has 0 aliphatic heterocycles. The predicted octanol–water partition coefficient (Wildman–Crippen LogP) is 3.97. The van der Waals surface area contributed by atoms with E-state index in [1.165, 1.54) is 11.8 Å². The minimum Gasteiger partial charge on any atom is -0.356 e. The highest BCUT2D eigenvalue weighted by Crippen LogP contribution is 2.16. The van der Waals surface area contributed by atoms with Gasteiger partial charge in [0.05, 0.1) is 4.90 Å². The number of nitrogens with zero attached hydrogens (tertiary/aromatic N) is 1. The molecule has 0 aliphatic carbocycles. The number of aryl methyl sites for hydroxylation is 2. The third-order valence-electron chi connectivity index (χ3n) is 4.17. The van der Waals surface area contributed by atoms with E-state index in [2.05, 4.69) is 15.6 Å². The first-order valence-corrected chi connectivity index (χ1v) is 11.0. The molecule has 0 amide bonds. The summed E-state index contributed by atoms with van der Waals surface area (Å²) < 4.78 is 23.4. The second-order valence-electron chi connectivity index (χ2n) is 6.45. The van der Waals surface area contributed by atoms with E-state index in [0.717, 1.165) is 41.5 Å². The normalized spacial score (nSPS) is 11.6. The third-order valence-corrected chi connectivity index (χ3v) is 5.68. The van der Waals surface area contributed by atoms with E-state index in [9.17, 15) is 8.42 Å². The highest BCUT2D eigenvalue weighted by atomic mass is 127. The van der Waals surface area contributed by atoms with Crippen molar-refractivity contribution in [3.05, 3.63) is 64.2 Å². The molecule has 0 spiro atoms. The van der Waals surface area contributed by atoms with Crippen molar-refractivity contribution in [1.82, 2.24) is 10.6 Å². The fourth-order valence-corrected chi connectivity index (χ4v) is 3.88. The largest absolute Gasteiger partial charge is 0.356 e. The molecule has 5 nitrogen and oxygen atoms in total. The predicted molar refractivity (Wildman–Crippen MR) is 128 cm³/mol. The van der Waals surface area contributed by atoms with Crippen LogP contribution in [0.25, 0.3) is 0 Å². The minimum absolute atomic E-state index is 0. The molecule has 2 aromatic rings. The summed E-state index contributed by atoms with van der Waals surface area (Å²) in [7, 11) is -1.46. The Bertz CT molecular complexity index is 900. The van der Waals surface area contributed by atoms with Crippen molar-refractivity contribution in [2.24, 2.45) is 4.99 Å². The molecule has 2 aromatic carbocycles. The molecule has 2 rings (SSSR count). The van der Waals surface area contributed by atoms with Crippen LogP contribution in [0.5, 0.6) is 0 Å². The fraction of sp³-hybridized carbons (Fsp3) is 0.350. The van der Waals surface area contributed by atoms with Gasteiger partial charge in [0, 0.05) is 31.4 Å². The molecule has 0 radical (unpaired) electrons. The Kier molecular flexibility index (Phi) is 10.3. The quantitative estimate of drug-likeness (QED) is 0.244. The lowest BCUT2D eigenvalue weighted by atomic mass is 10.1. The van der Waals surface area contributed by atoms with Crippen LogP contribution in [0.3, 0.4) is 0 Å². The van der Waals surface area contributed by atoms with Gasteiger partial charge in [0.2, 0.25) is 0 Å². The fourth-order valence-electron chi connectivity index (χ4n) is 2.79. The maximum atomic E-state index is 11.7. The summed E-state index contributed by atoms with van der Waals surface area (Å²) in [5.41, 5.74) is 3.01. The summed E-state index contributed by atoms with van der Waals surface area (Å²) in [4.78, 5) is 4.59. The van der Waals surface area contributed by atoms with Crippen molar-refractivity contribution >= 4 is 51.4 Å². The smallest absolute Gasteiger partial charge is 0.191 e. The topological polar surface area (TPSA) is 70.6 Å². The summed E-state index contributed by atoms with van der Waals surface area (Å²) in [6.45, 7) is 3.18. The van der Waals surface area contributed by atoms with E-state index in [1.54, 1.807) is 13.1 Å². The molecule has 0 aliphatic rings. The Morgan fingerprint density at radius 2 is 1.71 bits per heavy atom. The number of hydrogen-bond donors (Lipinski definition) is 2. The van der Waals surface area contributed by atoms with E-state index >= 15 is 0 Å². The molecule has 0 saturated carbocycles. The number of halogens is 2. The van der Waals surface area contributed by atoms with Crippen LogP contribution in [0.15, 0.2) is 52.4 Å². The minimum atomic E-state index is -3.19. The number of hydrogen-bond acceptors (Lipinski definition) is 3. The number of guanidine groups is 1. The Morgan fingerprint density at radius 3 is 2.29 bits per heavy atom. The van der Waals surface area contributed by atoms with Crippen LogP contribution in [-0.4, -0.2) is 34.2 Å². The van der Waals surface area contributed by atoms with E-state index in [0.29, 0.717) is 11.4 Å². The van der Waals surface area contributed by atoms with E-state index < -0.39 is 9.84 Å². The van der Waals surface area contributed by atoms with Gasteiger partial charge < -0.3 is 10.6 Å². The van der Waals surface area contributed by atoms with Crippen LogP contribution >= 0.6 is 35.6 Å². The van der Waals surface area contributed by atoms with E-state index in [-0.39, 0.29) is 24.0 Å². The highest BCUT2D eigenvalue weighted by Gasteiger charge is 2.10. The lowest BCUT2D eigenvalue weighted by Gasteiger charge is -2.13. The Hall–Kier alpha value is -1.32. The maximum Gasteiger partial charge on any atom is 0.191 e. The van der Waals surface area contributed by atoms with Gasteiger partial charge in [-0.25, -0.2) is 8.42 Å². The van der Waals surface area contributed by atoms with Gasteiger partial charge in [-0.3, -0.25) is 4.99 Å². The van der Waals surface area contributed by atoms with Crippen molar-refractivity contribution in [2.75, 3.05) is 19.8 Å². The monoisotopic (exact) mass is 535 g/mol. The van der Waals surface area contributed by atoms with Crippen molar-refractivity contribution in [3.63, 3.8) is 0 Å². The van der Waals surface area contributed by atoms with Gasteiger partial charge in [0.15, 0.2) is 15.8 Å². The first-order valence-electron chi connectivity index (χ1n) is 8.78. The van der Waals surface area contributed by atoms with Gasteiger partial charge in [-0.05, 0) is 54.7 Å². The van der Waals surface area contributed by atoms with Gasteiger partial charge in [-0.1, -0.05) is 35.9 Å². The number of sulfone groups is 1. The average molecular weight is 536 g/mol. The Morgan fingerprint density at radius 1 is 1.07 bits per heavy atom. The molecule has 28 heavy (non-hydrogen) atoms. The summed E-state index contributed by atoms with van der Waals surface area (Å²) in [6, 6.07) is 13.3. The second-order valence-corrected chi connectivity index (χ2v) is 8.88. The van der Waals surface area contributed by atoms with Gasteiger partial charge in [-0.15, -0.1) is 24.0 Å². The van der Waals surface area contributed by atoms with E-state index in [1.807, 2.05) is 43.3 Å². The number of benzene rings is 2. The van der Waals surface area contributed by atoms with E-state index in [4.69, 9.17) is 11.6 Å². The van der Waals surface area contributed by atoms with Crippen LogP contribution in [0.1, 0.15) is 23.1 Å². The zero-order chi connectivity index (χ0) is 19.9. The van der Waals surface area contributed by atoms with Crippen molar-refractivity contribution in [2.45, 2.75) is 31.2 Å². The average Bonchev–Trinajstić information content (AvgIpc) is 2.61. The van der Waals surface area contributed by atoms with Crippen LogP contribution in [0, 0.1) is 6.92 Å². The van der Waals surface area contributed by atoms with Crippen LogP contribution in [0.2, 0.25) is 5.02 Å². The first-order chi connectivity index (χ1) is 12.8.